The van der Waals surface area contributed by atoms with Crippen LogP contribution in [-0.4, -0.2) is 11.8 Å². The van der Waals surface area contributed by atoms with E-state index in [-0.39, 0.29) is 28.5 Å². The van der Waals surface area contributed by atoms with Crippen LogP contribution >= 0.6 is 0 Å². The Hall–Kier alpha value is -2.97. The Morgan fingerprint density at radius 2 is 1.24 bits per heavy atom. The molecule has 0 unspecified atom stereocenters. The first-order valence-corrected chi connectivity index (χ1v) is 9.78. The van der Waals surface area contributed by atoms with Gasteiger partial charge in [-0.3, -0.25) is 0 Å². The van der Waals surface area contributed by atoms with Crippen LogP contribution in [0, 0.1) is 20.6 Å². The molecule has 34 heavy (non-hydrogen) atoms. The highest BCUT2D eigenvalue weighted by Crippen LogP contribution is 2.64. The molecule has 9 heteroatoms. The van der Waals surface area contributed by atoms with E-state index >= 15 is 0 Å². The van der Waals surface area contributed by atoms with E-state index in [0.29, 0.717) is 11.6 Å². The van der Waals surface area contributed by atoms with Crippen LogP contribution in [0.3, 0.4) is 0 Å². The highest BCUT2D eigenvalue weighted by atomic mass is 19.4. The molecule has 1 nitrogen and oxygen atoms in total. The molecule has 180 valence electrons. The van der Waals surface area contributed by atoms with Gasteiger partial charge in [0.05, 0.1) is 0 Å². The fourth-order valence-electron chi connectivity index (χ4n) is 3.98. The lowest BCUT2D eigenvalue weighted by Gasteiger charge is -2.42. The molecule has 0 bridgehead atoms. The zero-order valence-electron chi connectivity index (χ0n) is 23.6. The van der Waals surface area contributed by atoms with Crippen LogP contribution in [0.15, 0.2) is 48.7 Å². The third-order valence-electron chi connectivity index (χ3n) is 6.00. The minimum atomic E-state index is -6.39. The van der Waals surface area contributed by atoms with Gasteiger partial charge in [0.25, 0.3) is 0 Å². The first kappa shape index (κ1) is 17.5. The van der Waals surface area contributed by atoms with Gasteiger partial charge in [-0.2, -0.15) is 35.1 Å². The number of aromatic nitrogens is 1. The number of aryl methyl sites for hydroxylation is 4. The largest absolute Gasteiger partial charge is 0.382 e. The lowest BCUT2D eigenvalue weighted by Crippen LogP contribution is -2.63. The summed E-state index contributed by atoms with van der Waals surface area (Å²) in [4.78, 5) is 0. The number of alkyl halides is 8. The summed E-state index contributed by atoms with van der Waals surface area (Å²) in [5.41, 5.74) is -4.09. The van der Waals surface area contributed by atoms with Crippen LogP contribution in [0.4, 0.5) is 35.1 Å². The van der Waals surface area contributed by atoms with Gasteiger partial charge in [0, 0.05) is 36.5 Å². The number of nitrogens with zero attached hydrogens (tertiary/aromatic N) is 1. The van der Waals surface area contributed by atoms with E-state index in [1.165, 1.54) is 29.8 Å². The SMILES string of the molecule is [2H]C([2H])([2H])c1cc(-c2cc(-c3ccc4c(c3)C(F)(F)C(F)(F)C(F)(F)C4(F)F)ccc2C)[n+](C)cc1C([2H])([2H])[2H]. The van der Waals surface area contributed by atoms with Crippen LogP contribution in [0.1, 0.15) is 36.0 Å². The van der Waals surface area contributed by atoms with E-state index in [2.05, 4.69) is 0 Å². The number of pyridine rings is 1. The minimum absolute atomic E-state index is 0.0264. The van der Waals surface area contributed by atoms with Gasteiger partial charge in [-0.05, 0) is 55.0 Å². The topological polar surface area (TPSA) is 3.88 Å². The van der Waals surface area contributed by atoms with E-state index in [1.807, 2.05) is 0 Å². The van der Waals surface area contributed by atoms with E-state index in [0.717, 1.165) is 18.3 Å². The van der Waals surface area contributed by atoms with Crippen molar-refractivity contribution < 1.29 is 47.9 Å². The van der Waals surface area contributed by atoms with Crippen molar-refractivity contribution in [2.24, 2.45) is 7.05 Å². The molecule has 0 atom stereocenters. The van der Waals surface area contributed by atoms with E-state index in [1.54, 1.807) is 6.92 Å². The molecule has 2 aromatic carbocycles. The summed E-state index contributed by atoms with van der Waals surface area (Å²) in [6.07, 6.45) is 1.11. The van der Waals surface area contributed by atoms with Gasteiger partial charge < -0.3 is 0 Å². The second-order valence-corrected chi connectivity index (χ2v) is 8.18. The molecule has 0 saturated carbocycles. The summed E-state index contributed by atoms with van der Waals surface area (Å²) >= 11 is 0. The normalized spacial score (nSPS) is 22.9. The second-order valence-electron chi connectivity index (χ2n) is 8.18. The van der Waals surface area contributed by atoms with Crippen molar-refractivity contribution in [2.45, 2.75) is 44.3 Å². The van der Waals surface area contributed by atoms with Crippen molar-refractivity contribution in [3.05, 3.63) is 76.5 Å². The van der Waals surface area contributed by atoms with E-state index < -0.39 is 59.6 Å². The predicted octanol–water partition coefficient (Wildman–Crippen LogP) is 7.24. The average molecular weight is 492 g/mol. The van der Waals surface area contributed by atoms with Crippen molar-refractivity contribution >= 4 is 0 Å². The Bertz CT molecular complexity index is 1510. The van der Waals surface area contributed by atoms with Gasteiger partial charge in [0.2, 0.25) is 5.69 Å². The molecule has 0 N–H and O–H groups in total. The molecule has 3 aromatic rings. The van der Waals surface area contributed by atoms with Gasteiger partial charge >= 0.3 is 23.7 Å². The Kier molecular flexibility index (Phi) is 3.73. The van der Waals surface area contributed by atoms with Crippen LogP contribution < -0.4 is 4.57 Å². The molecular weight excluding hydrogens is 466 g/mol. The molecular formula is C25H20F8N+. The van der Waals surface area contributed by atoms with Crippen molar-refractivity contribution in [1.29, 1.82) is 0 Å². The number of rotatable bonds is 2. The smallest absolute Gasteiger partial charge is 0.201 e. The molecule has 0 fully saturated rings. The monoisotopic (exact) mass is 492 g/mol. The quantitative estimate of drug-likeness (QED) is 0.262. The van der Waals surface area contributed by atoms with Gasteiger partial charge in [-0.1, -0.05) is 24.3 Å². The molecule has 1 aromatic heterocycles. The molecule has 1 heterocycles. The van der Waals surface area contributed by atoms with Crippen molar-refractivity contribution in [3.63, 3.8) is 0 Å². The third-order valence-corrected chi connectivity index (χ3v) is 6.00. The number of halogens is 8. The summed E-state index contributed by atoms with van der Waals surface area (Å²) in [5, 5.41) is 0. The molecule has 0 amide bonds. The van der Waals surface area contributed by atoms with Gasteiger partial charge in [-0.25, -0.2) is 4.57 Å². The number of benzene rings is 2. The lowest BCUT2D eigenvalue weighted by molar-refractivity contribution is -0.660. The highest BCUT2D eigenvalue weighted by Gasteiger charge is 2.85. The molecule has 0 radical (unpaired) electrons. The van der Waals surface area contributed by atoms with Gasteiger partial charge in [-0.15, -0.1) is 0 Å². The summed E-state index contributed by atoms with van der Waals surface area (Å²) in [7, 11) is 1.43. The van der Waals surface area contributed by atoms with Crippen LogP contribution in [0.5, 0.6) is 0 Å². The van der Waals surface area contributed by atoms with Crippen molar-refractivity contribution in [2.75, 3.05) is 0 Å². The van der Waals surface area contributed by atoms with Gasteiger partial charge in [0.1, 0.15) is 7.05 Å². The second kappa shape index (κ2) is 7.26. The fraction of sp³-hybridized carbons (Fsp3) is 0.320. The number of fused-ring (bicyclic) bond motifs is 1. The minimum Gasteiger partial charge on any atom is -0.201 e. The zero-order chi connectivity index (χ0) is 30.4. The Labute approximate surface area is 199 Å². The Balaban J connectivity index is 1.93. The molecule has 0 aliphatic heterocycles. The summed E-state index contributed by atoms with van der Waals surface area (Å²) in [6, 6.07) is 6.61. The van der Waals surface area contributed by atoms with E-state index in [9.17, 15) is 35.1 Å². The van der Waals surface area contributed by atoms with E-state index in [4.69, 9.17) is 8.22 Å². The summed E-state index contributed by atoms with van der Waals surface area (Å²) in [5.74, 6) is -24.0. The maximum absolute atomic E-state index is 14.6. The number of hydrogen-bond donors (Lipinski definition) is 0. The molecule has 0 spiro atoms. The Morgan fingerprint density at radius 3 is 1.85 bits per heavy atom. The van der Waals surface area contributed by atoms with Crippen LogP contribution in [0.25, 0.3) is 22.4 Å². The van der Waals surface area contributed by atoms with Crippen LogP contribution in [0.2, 0.25) is 0 Å². The predicted molar refractivity (Wildman–Crippen MR) is 110 cm³/mol. The Morgan fingerprint density at radius 1 is 0.676 bits per heavy atom. The van der Waals surface area contributed by atoms with Crippen molar-refractivity contribution in [1.82, 2.24) is 0 Å². The highest BCUT2D eigenvalue weighted by molar-refractivity contribution is 5.74. The summed E-state index contributed by atoms with van der Waals surface area (Å²) < 4.78 is 161. The molecule has 0 saturated heterocycles. The first-order valence-electron chi connectivity index (χ1n) is 12.8. The first-order chi connectivity index (χ1) is 18.0. The fourth-order valence-corrected chi connectivity index (χ4v) is 3.98. The maximum Gasteiger partial charge on any atom is 0.382 e. The standard InChI is InChI=1S/C25H20F8N/c1-13-5-6-16(10-18(13)21-9-14(2)15(3)12-34(21)4)17-7-8-19-20(11-17)23(28,29)25(32,33)24(30,31)22(19,26)27/h5-12H,1-4H3/q+1/i2D3,3D3. The third kappa shape index (κ3) is 3.08. The maximum atomic E-state index is 14.6. The molecule has 1 aliphatic rings. The number of hydrogen-bond acceptors (Lipinski definition) is 0. The van der Waals surface area contributed by atoms with Crippen LogP contribution in [-0.2, 0) is 18.9 Å². The van der Waals surface area contributed by atoms with Crippen molar-refractivity contribution in [3.8, 4) is 22.4 Å². The average Bonchev–Trinajstić information content (AvgIpc) is 2.81. The lowest BCUT2D eigenvalue weighted by atomic mass is 9.79. The molecule has 1 aliphatic carbocycles. The zero-order valence-corrected chi connectivity index (χ0v) is 17.6. The molecule has 4 rings (SSSR count). The van der Waals surface area contributed by atoms with Gasteiger partial charge in [0.15, 0.2) is 6.20 Å². The summed E-state index contributed by atoms with van der Waals surface area (Å²) in [6.45, 7) is -4.01.